The van der Waals surface area contributed by atoms with Crippen LogP contribution in [0.5, 0.6) is 0 Å². The lowest BCUT2D eigenvalue weighted by Gasteiger charge is -2.50. The van der Waals surface area contributed by atoms with Gasteiger partial charge in [0.25, 0.3) is 0 Å². The largest absolute Gasteiger partial charge is 0.457 e. The van der Waals surface area contributed by atoms with Gasteiger partial charge in [0.15, 0.2) is 24.8 Å². The summed E-state index contributed by atoms with van der Waals surface area (Å²) in [5, 5.41) is 29.9. The van der Waals surface area contributed by atoms with Crippen LogP contribution in [-0.2, 0) is 64.5 Å². The average Bonchev–Trinajstić information content (AvgIpc) is 0.757. The molecule has 0 saturated carbocycles. The molecule has 4 N–H and O–H groups in total. The van der Waals surface area contributed by atoms with Crippen LogP contribution in [0.2, 0.25) is 0 Å². The Morgan fingerprint density at radius 3 is 1.10 bits per heavy atom. The molecule has 0 unspecified atom stereocenters. The van der Waals surface area contributed by atoms with Gasteiger partial charge in [-0.3, -0.25) is 19.2 Å². The van der Waals surface area contributed by atoms with Crippen molar-refractivity contribution in [1.29, 1.82) is 0 Å². The molecule has 2 heterocycles. The second-order valence-electron chi connectivity index (χ2n) is 28.7. The molecule has 0 spiro atoms. The van der Waals surface area contributed by atoms with E-state index in [4.69, 9.17) is 33.2 Å². The van der Waals surface area contributed by atoms with E-state index < -0.39 is 85.4 Å². The summed E-state index contributed by atoms with van der Waals surface area (Å²) in [4.78, 5) is 58.8. The number of ether oxygens (including phenoxy) is 7. The molecule has 4 aromatic rings. The van der Waals surface area contributed by atoms with E-state index in [1.807, 2.05) is 121 Å². The van der Waals surface area contributed by atoms with Gasteiger partial charge >= 0.3 is 11.9 Å². The molecule has 564 valence electrons. The van der Waals surface area contributed by atoms with Crippen LogP contribution in [0.1, 0.15) is 307 Å². The molecule has 6 rings (SSSR count). The van der Waals surface area contributed by atoms with Crippen molar-refractivity contribution in [2.75, 3.05) is 13.2 Å². The van der Waals surface area contributed by atoms with E-state index in [9.17, 15) is 24.6 Å². The molecule has 15 nitrogen and oxygen atoms in total. The molecule has 2 aliphatic rings. The number of aliphatic hydroxyl groups is 2. The first kappa shape index (κ1) is 84.4. The lowest BCUT2D eigenvalue weighted by atomic mass is 9.80. The van der Waals surface area contributed by atoms with Gasteiger partial charge in [-0.05, 0) is 47.9 Å². The van der Waals surface area contributed by atoms with E-state index in [1.54, 1.807) is 0 Å². The highest BCUT2D eigenvalue weighted by Crippen LogP contribution is 2.42. The van der Waals surface area contributed by atoms with E-state index in [0.717, 1.165) is 125 Å². The number of rotatable bonds is 56. The number of hydrogen-bond acceptors (Lipinski definition) is 13. The van der Waals surface area contributed by atoms with Crippen molar-refractivity contribution in [3.05, 3.63) is 144 Å². The lowest BCUT2D eigenvalue weighted by Crippen LogP contribution is -2.70. The summed E-state index contributed by atoms with van der Waals surface area (Å²) in [5.41, 5.74) is 1.97. The minimum atomic E-state index is -1.61. The van der Waals surface area contributed by atoms with Gasteiger partial charge in [-0.1, -0.05) is 354 Å². The van der Waals surface area contributed by atoms with Crippen LogP contribution in [0.4, 0.5) is 0 Å². The van der Waals surface area contributed by atoms with Crippen LogP contribution >= 0.6 is 0 Å². The van der Waals surface area contributed by atoms with Gasteiger partial charge in [0.1, 0.15) is 42.1 Å². The number of amides is 2. The molecule has 2 saturated heterocycles. The smallest absolute Gasteiger partial charge is 0.306 e. The number of nitrogens with one attached hydrogen (secondary N) is 2. The summed E-state index contributed by atoms with van der Waals surface area (Å²) >= 11 is 0. The third kappa shape index (κ3) is 31.0. The molecule has 2 amide bonds. The van der Waals surface area contributed by atoms with Gasteiger partial charge in [-0.15, -0.1) is 0 Å². The van der Waals surface area contributed by atoms with Gasteiger partial charge in [-0.2, -0.15) is 0 Å². The lowest BCUT2D eigenvalue weighted by molar-refractivity contribution is -0.337. The average molecular weight is 1400 g/mol. The van der Waals surface area contributed by atoms with Crippen LogP contribution in [-0.4, -0.2) is 108 Å². The third-order valence-corrected chi connectivity index (χ3v) is 20.2. The van der Waals surface area contributed by atoms with Crippen molar-refractivity contribution in [3.8, 4) is 0 Å². The van der Waals surface area contributed by atoms with Crippen molar-refractivity contribution in [3.63, 3.8) is 0 Å². The number of carbonyl (C=O) groups excluding carboxylic acids is 4. The van der Waals surface area contributed by atoms with Crippen molar-refractivity contribution in [1.82, 2.24) is 10.6 Å². The van der Waals surface area contributed by atoms with Crippen molar-refractivity contribution in [2.24, 2.45) is 0 Å². The Bertz CT molecular complexity index is 2660. The summed E-state index contributed by atoms with van der Waals surface area (Å²) < 4.78 is 49.3. The molecule has 0 bridgehead atoms. The molecule has 0 aromatic heterocycles. The number of aliphatic hydroxyl groups excluding tert-OH is 2. The fraction of sp³-hybridized carbons (Fsp3) is 0.674. The molecule has 4 aromatic carbocycles. The monoisotopic (exact) mass is 1400 g/mol. The Morgan fingerprint density at radius 1 is 0.396 bits per heavy atom. The molecule has 0 radical (unpaired) electrons. The second-order valence-corrected chi connectivity index (χ2v) is 28.7. The highest BCUT2D eigenvalue weighted by Gasteiger charge is 2.56. The Morgan fingerprint density at radius 2 is 0.723 bits per heavy atom. The van der Waals surface area contributed by atoms with E-state index in [1.165, 1.54) is 103 Å². The molecular formula is C86H132N2O13. The van der Waals surface area contributed by atoms with E-state index in [2.05, 4.69) is 38.3 Å². The van der Waals surface area contributed by atoms with E-state index in [0.29, 0.717) is 25.7 Å². The van der Waals surface area contributed by atoms with Crippen LogP contribution in [0.15, 0.2) is 121 Å². The molecule has 2 aliphatic heterocycles. The number of hydrogen-bond donors (Lipinski definition) is 4. The highest BCUT2D eigenvalue weighted by molar-refractivity contribution is 5.77. The van der Waals surface area contributed by atoms with E-state index >= 15 is 4.79 Å². The zero-order valence-corrected chi connectivity index (χ0v) is 62.6. The topological polar surface area (TPSA) is 197 Å². The summed E-state index contributed by atoms with van der Waals surface area (Å²) in [6.45, 7) is 7.95. The Kier molecular flexibility index (Phi) is 43.1. The summed E-state index contributed by atoms with van der Waals surface area (Å²) in [5.74, 6) is -1.77. The Balaban J connectivity index is 1.45. The zero-order valence-electron chi connectivity index (χ0n) is 62.6. The SMILES string of the molecule is CCCCCCCCCCCC(=O)N[C@H]1[C@H](OCc2ccccc2)O[C@H](COC(c2ccccc2)(c2ccccc2)c2ccccc2)[C@@H](O[C@@H]2O[C@H](CO)[C@@H](O)[C@H](OC(=O)CCCCCCCCCCC)[C@H]2NC(=O)CCCCCCCCCCC)[C@@H]1OC(=O)CCCCCCCCCCC. The quantitative estimate of drug-likeness (QED) is 0.0185. The van der Waals surface area contributed by atoms with Crippen molar-refractivity contribution >= 4 is 23.8 Å². The zero-order chi connectivity index (χ0) is 71.8. The van der Waals surface area contributed by atoms with Crippen LogP contribution in [0, 0.1) is 0 Å². The minimum absolute atomic E-state index is 0.0529. The maximum atomic E-state index is 15.0. The fourth-order valence-corrected chi connectivity index (χ4v) is 14.3. The Hall–Kier alpha value is -5.52. The molecule has 2 fully saturated rings. The maximum Gasteiger partial charge on any atom is 0.306 e. The number of carbonyl (C=O) groups is 4. The van der Waals surface area contributed by atoms with Crippen molar-refractivity contribution < 1.29 is 62.5 Å². The summed E-state index contributed by atoms with van der Waals surface area (Å²) in [6, 6.07) is 36.9. The Labute approximate surface area is 608 Å². The first-order chi connectivity index (χ1) is 49.6. The molecule has 10 atom stereocenters. The van der Waals surface area contributed by atoms with Gasteiger partial charge < -0.3 is 54.0 Å². The molecular weight excluding hydrogens is 1270 g/mol. The predicted molar refractivity (Wildman–Crippen MR) is 403 cm³/mol. The van der Waals surface area contributed by atoms with Crippen molar-refractivity contribution in [2.45, 2.75) is 358 Å². The number of unbranched alkanes of at least 4 members (excludes halogenated alkanes) is 32. The highest BCUT2D eigenvalue weighted by atomic mass is 16.7. The first-order valence-corrected chi connectivity index (χ1v) is 40.3. The summed E-state index contributed by atoms with van der Waals surface area (Å²) in [6.07, 6.45) is 26.9. The molecule has 101 heavy (non-hydrogen) atoms. The molecule has 0 aliphatic carbocycles. The predicted octanol–water partition coefficient (Wildman–Crippen LogP) is 18.9. The van der Waals surface area contributed by atoms with Gasteiger partial charge in [0, 0.05) is 25.7 Å². The standard InChI is InChI=1S/C86H132N2O13/c1-5-9-13-17-21-25-29-33-49-61-74(90)87-78-82(99-76(92)63-51-35-31-27-23-19-15-11-7-3)80(94)72(65-89)97-85(78)101-81-73(67-96-86(69-55-43-38-44-56-69,70-57-45-39-46-58-70)71-59-47-40-48-60-71)98-84(95-66-68-53-41-37-42-54-68)79(88-75(91)62-50-34-30-26-22-18-14-10-6-2)83(81)100-77(93)64-52-36-32-28-24-20-16-12-8-4/h37-48,53-60,72-73,78-85,89,94H,5-36,49-52,61-67H2,1-4H3,(H,87,90)(H,88,91)/t72-,73-,78-,79-,80-,81-,82-,83-,84-,85+/m1/s1. The number of esters is 2. The number of benzene rings is 4. The normalized spacial score (nSPS) is 20.7. The van der Waals surface area contributed by atoms with Crippen LogP contribution in [0.25, 0.3) is 0 Å². The van der Waals surface area contributed by atoms with Gasteiger partial charge in [-0.25, -0.2) is 0 Å². The van der Waals surface area contributed by atoms with Crippen LogP contribution in [0.3, 0.4) is 0 Å². The fourth-order valence-electron chi connectivity index (χ4n) is 14.3. The second kappa shape index (κ2) is 51.6. The van der Waals surface area contributed by atoms with E-state index in [-0.39, 0.29) is 50.7 Å². The third-order valence-electron chi connectivity index (χ3n) is 20.2. The van der Waals surface area contributed by atoms with Gasteiger partial charge in [0.2, 0.25) is 11.8 Å². The maximum absolute atomic E-state index is 15.0. The molecule has 15 heteroatoms. The van der Waals surface area contributed by atoms with Crippen LogP contribution < -0.4 is 10.6 Å². The first-order valence-electron chi connectivity index (χ1n) is 40.3. The van der Waals surface area contributed by atoms with Gasteiger partial charge in [0.05, 0.1) is 19.8 Å². The minimum Gasteiger partial charge on any atom is -0.457 e. The summed E-state index contributed by atoms with van der Waals surface area (Å²) in [7, 11) is 0.